The zero-order valence-electron chi connectivity index (χ0n) is 12.9. The van der Waals surface area contributed by atoms with E-state index in [0.29, 0.717) is 31.7 Å². The Morgan fingerprint density at radius 3 is 2.30 bits per heavy atom. The number of piperazine rings is 1. The van der Waals surface area contributed by atoms with E-state index in [0.717, 1.165) is 5.69 Å². The van der Waals surface area contributed by atoms with Crippen LogP contribution in [-0.4, -0.2) is 41.6 Å². The summed E-state index contributed by atoms with van der Waals surface area (Å²) in [5.74, 6) is -0.380. The zero-order chi connectivity index (χ0) is 16.4. The molecule has 6 heteroatoms. The van der Waals surface area contributed by atoms with Crippen molar-refractivity contribution < 1.29 is 9.18 Å². The van der Waals surface area contributed by atoms with Gasteiger partial charge in [-0.05, 0) is 30.3 Å². The summed E-state index contributed by atoms with van der Waals surface area (Å²) in [5, 5.41) is 0. The number of aromatic nitrogens is 1. The van der Waals surface area contributed by atoms with Crippen LogP contribution in [0.2, 0.25) is 0 Å². The summed E-state index contributed by atoms with van der Waals surface area (Å²) in [7, 11) is 1.65. The van der Waals surface area contributed by atoms with Crippen molar-refractivity contribution in [3.05, 3.63) is 64.3 Å². The van der Waals surface area contributed by atoms with E-state index in [-0.39, 0.29) is 17.3 Å². The van der Waals surface area contributed by atoms with E-state index in [1.165, 1.54) is 22.8 Å². The monoisotopic (exact) mass is 315 g/mol. The van der Waals surface area contributed by atoms with Crippen LogP contribution in [-0.2, 0) is 7.05 Å². The Morgan fingerprint density at radius 1 is 1.04 bits per heavy atom. The quantitative estimate of drug-likeness (QED) is 0.843. The van der Waals surface area contributed by atoms with Crippen LogP contribution in [0.4, 0.5) is 10.1 Å². The fraction of sp³-hybridized carbons (Fsp3) is 0.294. The van der Waals surface area contributed by atoms with E-state index in [1.54, 1.807) is 36.3 Å². The summed E-state index contributed by atoms with van der Waals surface area (Å²) in [6, 6.07) is 9.39. The third-order valence-electron chi connectivity index (χ3n) is 4.11. The Morgan fingerprint density at radius 2 is 1.70 bits per heavy atom. The molecule has 1 amide bonds. The van der Waals surface area contributed by atoms with Gasteiger partial charge in [0.1, 0.15) is 5.82 Å². The van der Waals surface area contributed by atoms with Gasteiger partial charge in [0.05, 0.1) is 0 Å². The van der Waals surface area contributed by atoms with Gasteiger partial charge < -0.3 is 14.4 Å². The van der Waals surface area contributed by atoms with Crippen LogP contribution in [0.3, 0.4) is 0 Å². The molecule has 1 aliphatic rings. The zero-order valence-corrected chi connectivity index (χ0v) is 12.9. The van der Waals surface area contributed by atoms with Crippen molar-refractivity contribution in [1.82, 2.24) is 9.47 Å². The highest BCUT2D eigenvalue weighted by Crippen LogP contribution is 2.17. The number of halogens is 1. The fourth-order valence-electron chi connectivity index (χ4n) is 2.68. The number of hydrogen-bond donors (Lipinski definition) is 0. The van der Waals surface area contributed by atoms with Gasteiger partial charge in [-0.25, -0.2) is 4.39 Å². The number of aryl methyl sites for hydroxylation is 1. The van der Waals surface area contributed by atoms with Crippen molar-refractivity contribution in [3.8, 4) is 0 Å². The predicted molar refractivity (Wildman–Crippen MR) is 86.2 cm³/mol. The molecule has 1 aromatic heterocycles. The second-order valence-electron chi connectivity index (χ2n) is 5.62. The number of amides is 1. The molecule has 0 N–H and O–H groups in total. The molecule has 0 unspecified atom stereocenters. The maximum Gasteiger partial charge on any atom is 0.254 e. The van der Waals surface area contributed by atoms with Gasteiger partial charge in [-0.1, -0.05) is 0 Å². The number of pyridine rings is 1. The SMILES string of the molecule is Cn1ccc(C(=O)N2CCN(c3ccc(F)cc3)CC2)cc1=O. The summed E-state index contributed by atoms with van der Waals surface area (Å²) in [5.41, 5.74) is 1.18. The maximum atomic E-state index is 13.0. The lowest BCUT2D eigenvalue weighted by atomic mass is 10.2. The van der Waals surface area contributed by atoms with Gasteiger partial charge in [0, 0.05) is 56.7 Å². The lowest BCUT2D eigenvalue weighted by Crippen LogP contribution is -2.49. The molecule has 2 aromatic rings. The summed E-state index contributed by atoms with van der Waals surface area (Å²) in [4.78, 5) is 28.0. The van der Waals surface area contributed by atoms with Crippen LogP contribution in [0.1, 0.15) is 10.4 Å². The molecule has 23 heavy (non-hydrogen) atoms. The Kier molecular flexibility index (Phi) is 4.14. The second kappa shape index (κ2) is 6.24. The van der Waals surface area contributed by atoms with Crippen LogP contribution in [0.25, 0.3) is 0 Å². The molecule has 1 fully saturated rings. The maximum absolute atomic E-state index is 13.0. The van der Waals surface area contributed by atoms with E-state index in [2.05, 4.69) is 4.90 Å². The normalized spacial score (nSPS) is 14.9. The molecule has 0 radical (unpaired) electrons. The van der Waals surface area contributed by atoms with Crippen molar-refractivity contribution in [2.45, 2.75) is 0 Å². The second-order valence-corrected chi connectivity index (χ2v) is 5.62. The molecule has 5 nitrogen and oxygen atoms in total. The average molecular weight is 315 g/mol. The van der Waals surface area contributed by atoms with Crippen molar-refractivity contribution in [2.24, 2.45) is 7.05 Å². The number of benzene rings is 1. The largest absolute Gasteiger partial charge is 0.368 e. The third kappa shape index (κ3) is 3.26. The Labute approximate surface area is 133 Å². The fourth-order valence-corrected chi connectivity index (χ4v) is 2.68. The molecule has 1 saturated heterocycles. The Bertz CT molecular complexity index is 762. The summed E-state index contributed by atoms with van der Waals surface area (Å²) in [6.45, 7) is 2.52. The minimum absolute atomic E-state index is 0.124. The van der Waals surface area contributed by atoms with Crippen LogP contribution < -0.4 is 10.5 Å². The topological polar surface area (TPSA) is 45.6 Å². The van der Waals surface area contributed by atoms with Gasteiger partial charge in [0.2, 0.25) is 0 Å². The smallest absolute Gasteiger partial charge is 0.254 e. The molecular formula is C17H18FN3O2. The molecular weight excluding hydrogens is 297 g/mol. The first-order valence-corrected chi connectivity index (χ1v) is 7.51. The first-order valence-electron chi connectivity index (χ1n) is 7.51. The van der Waals surface area contributed by atoms with Crippen molar-refractivity contribution in [2.75, 3.05) is 31.1 Å². The van der Waals surface area contributed by atoms with Gasteiger partial charge in [-0.3, -0.25) is 9.59 Å². The number of carbonyl (C=O) groups is 1. The molecule has 0 saturated carbocycles. The minimum Gasteiger partial charge on any atom is -0.368 e. The molecule has 1 aliphatic heterocycles. The van der Waals surface area contributed by atoms with Crippen LogP contribution >= 0.6 is 0 Å². The highest BCUT2D eigenvalue weighted by atomic mass is 19.1. The van der Waals surface area contributed by atoms with Gasteiger partial charge >= 0.3 is 0 Å². The molecule has 0 atom stereocenters. The molecule has 1 aromatic carbocycles. The van der Waals surface area contributed by atoms with Gasteiger partial charge in [-0.2, -0.15) is 0 Å². The van der Waals surface area contributed by atoms with E-state index in [4.69, 9.17) is 0 Å². The molecule has 3 rings (SSSR count). The molecule has 0 bridgehead atoms. The summed E-state index contributed by atoms with van der Waals surface area (Å²) in [6.07, 6.45) is 1.60. The summed E-state index contributed by atoms with van der Waals surface area (Å²) < 4.78 is 14.4. The first kappa shape index (κ1) is 15.3. The molecule has 0 aliphatic carbocycles. The lowest BCUT2D eigenvalue weighted by Gasteiger charge is -2.36. The molecule has 2 heterocycles. The number of rotatable bonds is 2. The van der Waals surface area contributed by atoms with Gasteiger partial charge in [0.25, 0.3) is 11.5 Å². The highest BCUT2D eigenvalue weighted by Gasteiger charge is 2.22. The van der Waals surface area contributed by atoms with Gasteiger partial charge in [0.15, 0.2) is 0 Å². The van der Waals surface area contributed by atoms with Crippen LogP contribution in [0.5, 0.6) is 0 Å². The highest BCUT2D eigenvalue weighted by molar-refractivity contribution is 5.94. The van der Waals surface area contributed by atoms with Crippen molar-refractivity contribution >= 4 is 11.6 Å². The Hall–Kier alpha value is -2.63. The third-order valence-corrected chi connectivity index (χ3v) is 4.11. The van der Waals surface area contributed by atoms with E-state index >= 15 is 0 Å². The predicted octanol–water partition coefficient (Wildman–Crippen LogP) is 1.49. The number of nitrogens with zero attached hydrogens (tertiary/aromatic N) is 3. The van der Waals surface area contributed by atoms with Crippen molar-refractivity contribution in [3.63, 3.8) is 0 Å². The lowest BCUT2D eigenvalue weighted by molar-refractivity contribution is 0.0746. The standard InChI is InChI=1S/C17H18FN3O2/c1-19-7-6-13(12-16(19)22)17(23)21-10-8-20(9-11-21)15-4-2-14(18)3-5-15/h2-7,12H,8-11H2,1H3. The number of anilines is 1. The minimum atomic E-state index is -0.256. The number of hydrogen-bond acceptors (Lipinski definition) is 3. The van der Waals surface area contributed by atoms with Crippen LogP contribution in [0, 0.1) is 5.82 Å². The van der Waals surface area contributed by atoms with Crippen molar-refractivity contribution in [1.29, 1.82) is 0 Å². The van der Waals surface area contributed by atoms with Crippen LogP contribution in [0.15, 0.2) is 47.4 Å². The van der Waals surface area contributed by atoms with E-state index < -0.39 is 0 Å². The van der Waals surface area contributed by atoms with E-state index in [9.17, 15) is 14.0 Å². The Balaban J connectivity index is 1.66. The summed E-state index contributed by atoms with van der Waals surface area (Å²) >= 11 is 0. The average Bonchev–Trinajstić information content (AvgIpc) is 2.57. The molecule has 0 spiro atoms. The van der Waals surface area contributed by atoms with Gasteiger partial charge in [-0.15, -0.1) is 0 Å². The van der Waals surface area contributed by atoms with E-state index in [1.807, 2.05) is 0 Å². The molecule has 120 valence electrons. The first-order chi connectivity index (χ1) is 11.0. The number of carbonyl (C=O) groups excluding carboxylic acids is 1.